The second-order valence-corrected chi connectivity index (χ2v) is 6.93. The van der Waals surface area contributed by atoms with E-state index in [1.807, 2.05) is 18.2 Å². The molecule has 0 amide bonds. The molecular weight excluding hydrogens is 308 g/mol. The smallest absolute Gasteiger partial charge is 0.134 e. The second-order valence-electron chi connectivity index (χ2n) is 6.52. The van der Waals surface area contributed by atoms with Crippen LogP contribution in [0.3, 0.4) is 0 Å². The number of hydrogen-bond acceptors (Lipinski definition) is 3. The lowest BCUT2D eigenvalue weighted by Crippen LogP contribution is -2.52. The van der Waals surface area contributed by atoms with E-state index in [0.29, 0.717) is 11.1 Å². The first-order chi connectivity index (χ1) is 11.2. The molecule has 2 aromatic rings. The van der Waals surface area contributed by atoms with Crippen molar-refractivity contribution in [3.05, 3.63) is 64.2 Å². The first-order valence-corrected chi connectivity index (χ1v) is 8.61. The van der Waals surface area contributed by atoms with Crippen LogP contribution in [0.4, 0.5) is 0 Å². The minimum Gasteiger partial charge on any atom is -0.506 e. The number of halogens is 1. The van der Waals surface area contributed by atoms with Gasteiger partial charge in [0.2, 0.25) is 0 Å². The molecule has 2 unspecified atom stereocenters. The van der Waals surface area contributed by atoms with Gasteiger partial charge in [-0.1, -0.05) is 41.9 Å². The van der Waals surface area contributed by atoms with Gasteiger partial charge in [0.1, 0.15) is 5.75 Å². The number of aromatic hydroxyl groups is 1. The van der Waals surface area contributed by atoms with Crippen LogP contribution in [0, 0.1) is 0 Å². The average molecular weight is 329 g/mol. The van der Waals surface area contributed by atoms with Gasteiger partial charge in [-0.2, -0.15) is 0 Å². The van der Waals surface area contributed by atoms with Crippen molar-refractivity contribution < 1.29 is 5.11 Å². The van der Waals surface area contributed by atoms with Crippen molar-refractivity contribution in [3.8, 4) is 5.75 Å². The van der Waals surface area contributed by atoms with Gasteiger partial charge in [0.15, 0.2) is 0 Å². The predicted octanol–water partition coefficient (Wildman–Crippen LogP) is 3.01. The highest BCUT2D eigenvalue weighted by Crippen LogP contribution is 2.38. The number of benzene rings is 2. The normalized spacial score (nSPS) is 24.6. The summed E-state index contributed by atoms with van der Waals surface area (Å²) in [6.45, 7) is 4.12. The van der Waals surface area contributed by atoms with Crippen molar-refractivity contribution in [1.82, 2.24) is 10.2 Å². The SMILES string of the molecule is Oc1cc2c(cc1Cl)CC1CNCCN1CC2c1ccccc1. The molecule has 2 aliphatic heterocycles. The third kappa shape index (κ3) is 2.85. The maximum Gasteiger partial charge on any atom is 0.134 e. The highest BCUT2D eigenvalue weighted by Gasteiger charge is 2.32. The minimum atomic E-state index is 0.185. The number of nitrogens with one attached hydrogen (secondary N) is 1. The van der Waals surface area contributed by atoms with Gasteiger partial charge < -0.3 is 10.4 Å². The summed E-state index contributed by atoms with van der Waals surface area (Å²) in [6.07, 6.45) is 0.978. The van der Waals surface area contributed by atoms with Gasteiger partial charge in [-0.3, -0.25) is 4.90 Å². The molecule has 2 aromatic carbocycles. The number of piperazine rings is 1. The van der Waals surface area contributed by atoms with Crippen LogP contribution < -0.4 is 5.32 Å². The molecule has 0 spiro atoms. The van der Waals surface area contributed by atoms with E-state index in [2.05, 4.69) is 34.5 Å². The number of phenols is 1. The van der Waals surface area contributed by atoms with E-state index in [9.17, 15) is 5.11 Å². The van der Waals surface area contributed by atoms with E-state index >= 15 is 0 Å². The maximum absolute atomic E-state index is 10.1. The summed E-state index contributed by atoms with van der Waals surface area (Å²) in [4.78, 5) is 2.58. The fourth-order valence-corrected chi connectivity index (χ4v) is 4.11. The summed E-state index contributed by atoms with van der Waals surface area (Å²) >= 11 is 6.19. The standard InChI is InChI=1S/C19H21ClN2O/c20-18-9-14-8-15-11-21-6-7-22(15)12-17(16(14)10-19(18)23)13-4-2-1-3-5-13/h1-5,9-10,15,17,21,23H,6-8,11-12H2. The fourth-order valence-electron chi connectivity index (χ4n) is 3.92. The van der Waals surface area contributed by atoms with E-state index < -0.39 is 0 Å². The highest BCUT2D eigenvalue weighted by molar-refractivity contribution is 6.32. The number of rotatable bonds is 1. The number of phenolic OH excluding ortho intramolecular Hbond substituents is 1. The van der Waals surface area contributed by atoms with Crippen LogP contribution in [-0.4, -0.2) is 42.2 Å². The van der Waals surface area contributed by atoms with Crippen molar-refractivity contribution in [2.24, 2.45) is 0 Å². The molecule has 23 heavy (non-hydrogen) atoms. The van der Waals surface area contributed by atoms with Crippen LogP contribution in [0.2, 0.25) is 5.02 Å². The summed E-state index contributed by atoms with van der Waals surface area (Å²) in [5, 5.41) is 14.1. The maximum atomic E-state index is 10.1. The molecule has 2 atom stereocenters. The van der Waals surface area contributed by atoms with Gasteiger partial charge in [-0.25, -0.2) is 0 Å². The third-order valence-corrected chi connectivity index (χ3v) is 5.43. The van der Waals surface area contributed by atoms with Gasteiger partial charge in [-0.15, -0.1) is 0 Å². The Morgan fingerprint density at radius 2 is 2.00 bits per heavy atom. The number of hydrogen-bond donors (Lipinski definition) is 2. The molecule has 2 heterocycles. The van der Waals surface area contributed by atoms with Gasteiger partial charge in [0.05, 0.1) is 5.02 Å². The quantitative estimate of drug-likeness (QED) is 0.844. The van der Waals surface area contributed by atoms with E-state index in [0.717, 1.165) is 32.6 Å². The summed E-state index contributed by atoms with van der Waals surface area (Å²) in [5.74, 6) is 0.460. The zero-order valence-electron chi connectivity index (χ0n) is 13.0. The van der Waals surface area contributed by atoms with Crippen LogP contribution in [0.5, 0.6) is 5.75 Å². The van der Waals surface area contributed by atoms with Crippen molar-refractivity contribution in [2.75, 3.05) is 26.2 Å². The molecule has 1 fully saturated rings. The molecule has 3 nitrogen and oxygen atoms in total. The first kappa shape index (κ1) is 15.0. The summed E-state index contributed by atoms with van der Waals surface area (Å²) < 4.78 is 0. The Morgan fingerprint density at radius 3 is 2.83 bits per heavy atom. The van der Waals surface area contributed by atoms with E-state index in [1.54, 1.807) is 0 Å². The van der Waals surface area contributed by atoms with Crippen LogP contribution in [-0.2, 0) is 6.42 Å². The lowest BCUT2D eigenvalue weighted by Gasteiger charge is -2.36. The van der Waals surface area contributed by atoms with E-state index in [4.69, 9.17) is 11.6 Å². The molecule has 4 heteroatoms. The van der Waals surface area contributed by atoms with Crippen LogP contribution in [0.15, 0.2) is 42.5 Å². The summed E-state index contributed by atoms with van der Waals surface area (Å²) in [5.41, 5.74) is 3.78. The zero-order chi connectivity index (χ0) is 15.8. The molecule has 0 radical (unpaired) electrons. The van der Waals surface area contributed by atoms with Crippen molar-refractivity contribution in [1.29, 1.82) is 0 Å². The molecule has 0 bridgehead atoms. The lowest BCUT2D eigenvalue weighted by atomic mass is 9.87. The fraction of sp³-hybridized carbons (Fsp3) is 0.368. The Hall–Kier alpha value is -1.55. The summed E-state index contributed by atoms with van der Waals surface area (Å²) in [6, 6.07) is 14.9. The molecule has 2 N–H and O–H groups in total. The summed E-state index contributed by atoms with van der Waals surface area (Å²) in [7, 11) is 0. The third-order valence-electron chi connectivity index (χ3n) is 5.13. The monoisotopic (exact) mass is 328 g/mol. The number of nitrogens with zero attached hydrogens (tertiary/aromatic N) is 1. The molecule has 1 saturated heterocycles. The molecular formula is C19H21ClN2O. The highest BCUT2D eigenvalue weighted by atomic mass is 35.5. The Bertz CT molecular complexity index is 704. The van der Waals surface area contributed by atoms with Crippen molar-refractivity contribution >= 4 is 11.6 Å². The topological polar surface area (TPSA) is 35.5 Å². The zero-order valence-corrected chi connectivity index (χ0v) is 13.8. The lowest BCUT2D eigenvalue weighted by molar-refractivity contribution is 0.162. The van der Waals surface area contributed by atoms with Crippen LogP contribution in [0.1, 0.15) is 22.6 Å². The van der Waals surface area contributed by atoms with Gasteiger partial charge >= 0.3 is 0 Å². The van der Waals surface area contributed by atoms with E-state index in [1.165, 1.54) is 16.7 Å². The molecule has 4 rings (SSSR count). The predicted molar refractivity (Wildman–Crippen MR) is 93.3 cm³/mol. The van der Waals surface area contributed by atoms with Crippen LogP contribution in [0.25, 0.3) is 0 Å². The molecule has 120 valence electrons. The molecule has 0 saturated carbocycles. The minimum absolute atomic E-state index is 0.185. The van der Waals surface area contributed by atoms with Gasteiger partial charge in [0.25, 0.3) is 0 Å². The van der Waals surface area contributed by atoms with Crippen molar-refractivity contribution in [2.45, 2.75) is 18.4 Å². The van der Waals surface area contributed by atoms with Gasteiger partial charge in [-0.05, 0) is 35.2 Å². The number of fused-ring (bicyclic) bond motifs is 2. The second kappa shape index (κ2) is 6.16. The van der Waals surface area contributed by atoms with Crippen molar-refractivity contribution in [3.63, 3.8) is 0 Å². The Balaban J connectivity index is 1.83. The van der Waals surface area contributed by atoms with Gasteiger partial charge in [0, 0.05) is 38.1 Å². The average Bonchev–Trinajstić information content (AvgIpc) is 2.73. The molecule has 0 aliphatic carbocycles. The Morgan fingerprint density at radius 1 is 1.17 bits per heavy atom. The Kier molecular flexibility index (Phi) is 4.02. The van der Waals surface area contributed by atoms with E-state index in [-0.39, 0.29) is 11.7 Å². The first-order valence-electron chi connectivity index (χ1n) is 8.23. The molecule has 0 aromatic heterocycles. The molecule has 2 aliphatic rings. The van der Waals surface area contributed by atoms with Crippen LogP contribution >= 0.6 is 11.6 Å². The largest absolute Gasteiger partial charge is 0.506 e. The Labute approximate surface area is 141 Å².